The van der Waals surface area contributed by atoms with Gasteiger partial charge in [0.15, 0.2) is 0 Å². The van der Waals surface area contributed by atoms with Crippen LogP contribution in [-0.2, 0) is 16.1 Å². The van der Waals surface area contributed by atoms with Crippen LogP contribution in [0.3, 0.4) is 0 Å². The van der Waals surface area contributed by atoms with Crippen molar-refractivity contribution in [2.45, 2.75) is 46.2 Å². The molecular weight excluding hydrogens is 426 g/mol. The molecule has 0 saturated heterocycles. The Kier molecular flexibility index (Phi) is 6.96. The van der Waals surface area contributed by atoms with E-state index in [1.54, 1.807) is 15.9 Å². The number of benzene rings is 3. The fourth-order valence-electron chi connectivity index (χ4n) is 4.65. The molecule has 6 nitrogen and oxygen atoms in total. The fourth-order valence-corrected chi connectivity index (χ4v) is 4.65. The summed E-state index contributed by atoms with van der Waals surface area (Å²) in [4.78, 5) is 43.1. The van der Waals surface area contributed by atoms with Gasteiger partial charge in [0.05, 0.1) is 5.69 Å². The number of rotatable bonds is 9. The molecule has 3 aromatic rings. The largest absolute Gasteiger partial charge is 0.354 e. The normalized spacial score (nSPS) is 13.3. The van der Waals surface area contributed by atoms with Crippen molar-refractivity contribution in [2.24, 2.45) is 0 Å². The minimum absolute atomic E-state index is 0.115. The summed E-state index contributed by atoms with van der Waals surface area (Å²) in [6.07, 6.45) is 1.30. The van der Waals surface area contributed by atoms with Crippen LogP contribution in [0.15, 0.2) is 60.7 Å². The van der Waals surface area contributed by atoms with Gasteiger partial charge in [0.25, 0.3) is 5.91 Å². The number of carbonyl (C=O) groups is 3. The zero-order valence-electron chi connectivity index (χ0n) is 20.0. The molecule has 3 aromatic carbocycles. The maximum absolute atomic E-state index is 13.7. The summed E-state index contributed by atoms with van der Waals surface area (Å²) in [5, 5.41) is 4.78. The van der Waals surface area contributed by atoms with Gasteiger partial charge in [0, 0.05) is 24.0 Å². The van der Waals surface area contributed by atoms with Gasteiger partial charge in [-0.25, -0.2) is 0 Å². The Morgan fingerprint density at radius 3 is 2.47 bits per heavy atom. The van der Waals surface area contributed by atoms with E-state index in [9.17, 15) is 14.4 Å². The molecule has 0 aromatic heterocycles. The summed E-state index contributed by atoms with van der Waals surface area (Å²) in [6, 6.07) is 18.7. The average molecular weight is 458 g/mol. The number of aryl methyl sites for hydroxylation is 1. The van der Waals surface area contributed by atoms with E-state index in [1.165, 1.54) is 0 Å². The summed E-state index contributed by atoms with van der Waals surface area (Å²) in [6.45, 7) is 6.65. The lowest BCUT2D eigenvalue weighted by Crippen LogP contribution is -2.52. The molecular formula is C28H31N3O3. The first-order chi connectivity index (χ1) is 16.4. The van der Waals surface area contributed by atoms with Crippen LogP contribution in [0, 0.1) is 6.92 Å². The maximum atomic E-state index is 13.7. The Morgan fingerprint density at radius 1 is 1.03 bits per heavy atom. The Hall–Kier alpha value is -3.67. The highest BCUT2D eigenvalue weighted by atomic mass is 16.2. The fraction of sp³-hybridized carbons (Fsp3) is 0.321. The molecule has 1 heterocycles. The minimum Gasteiger partial charge on any atom is -0.354 e. The molecule has 0 saturated carbocycles. The van der Waals surface area contributed by atoms with E-state index in [1.807, 2.05) is 75.4 Å². The van der Waals surface area contributed by atoms with Crippen molar-refractivity contribution >= 4 is 34.2 Å². The Balaban J connectivity index is 1.64. The Morgan fingerprint density at radius 2 is 1.76 bits per heavy atom. The monoisotopic (exact) mass is 457 g/mol. The SMILES string of the molecule is CCCNC(=O)C(CC)N(Cc1cccc(C)c1)C(=O)CN1C(=O)c2cccc3cccc1c23. The number of hydrogen-bond donors (Lipinski definition) is 1. The smallest absolute Gasteiger partial charge is 0.259 e. The van der Waals surface area contributed by atoms with Crippen molar-refractivity contribution in [2.75, 3.05) is 18.0 Å². The van der Waals surface area contributed by atoms with Gasteiger partial charge in [-0.1, -0.05) is 67.9 Å². The van der Waals surface area contributed by atoms with Crippen LogP contribution < -0.4 is 10.2 Å². The van der Waals surface area contributed by atoms with Crippen molar-refractivity contribution in [3.63, 3.8) is 0 Å². The van der Waals surface area contributed by atoms with E-state index in [0.717, 1.165) is 34.0 Å². The molecule has 3 amide bonds. The lowest BCUT2D eigenvalue weighted by molar-refractivity contribution is -0.140. The highest BCUT2D eigenvalue weighted by molar-refractivity contribution is 6.26. The zero-order chi connectivity index (χ0) is 24.2. The van der Waals surface area contributed by atoms with Crippen molar-refractivity contribution in [3.05, 3.63) is 77.4 Å². The molecule has 34 heavy (non-hydrogen) atoms. The molecule has 0 aliphatic carbocycles. The molecule has 1 N–H and O–H groups in total. The maximum Gasteiger partial charge on any atom is 0.259 e. The van der Waals surface area contributed by atoms with E-state index >= 15 is 0 Å². The second-order valence-electron chi connectivity index (χ2n) is 8.80. The quantitative estimate of drug-likeness (QED) is 0.516. The molecule has 1 aliphatic heterocycles. The van der Waals surface area contributed by atoms with Gasteiger partial charge in [-0.2, -0.15) is 0 Å². The highest BCUT2D eigenvalue weighted by Crippen LogP contribution is 2.37. The van der Waals surface area contributed by atoms with Crippen molar-refractivity contribution < 1.29 is 14.4 Å². The molecule has 0 spiro atoms. The first-order valence-electron chi connectivity index (χ1n) is 11.9. The summed E-state index contributed by atoms with van der Waals surface area (Å²) in [5.74, 6) is -0.596. The minimum atomic E-state index is -0.615. The van der Waals surface area contributed by atoms with E-state index in [-0.39, 0.29) is 24.3 Å². The molecule has 0 bridgehead atoms. The molecule has 4 rings (SSSR count). The van der Waals surface area contributed by atoms with Crippen LogP contribution >= 0.6 is 0 Å². The van der Waals surface area contributed by atoms with Gasteiger partial charge < -0.3 is 10.2 Å². The molecule has 1 aliphatic rings. The van der Waals surface area contributed by atoms with Crippen LogP contribution in [0.25, 0.3) is 10.8 Å². The molecule has 176 valence electrons. The van der Waals surface area contributed by atoms with Crippen molar-refractivity contribution in [1.29, 1.82) is 0 Å². The molecule has 0 radical (unpaired) electrons. The molecule has 1 atom stereocenters. The summed E-state index contributed by atoms with van der Waals surface area (Å²) < 4.78 is 0. The number of nitrogens with one attached hydrogen (secondary N) is 1. The van der Waals surface area contributed by atoms with Crippen molar-refractivity contribution in [1.82, 2.24) is 10.2 Å². The third kappa shape index (κ3) is 4.53. The molecule has 0 fully saturated rings. The van der Waals surface area contributed by atoms with E-state index in [0.29, 0.717) is 25.1 Å². The van der Waals surface area contributed by atoms with Crippen LogP contribution in [-0.4, -0.2) is 41.8 Å². The molecule has 6 heteroatoms. The second-order valence-corrected chi connectivity index (χ2v) is 8.80. The van der Waals surface area contributed by atoms with E-state index in [4.69, 9.17) is 0 Å². The highest BCUT2D eigenvalue weighted by Gasteiger charge is 2.35. The topological polar surface area (TPSA) is 69.7 Å². The van der Waals surface area contributed by atoms with Gasteiger partial charge in [0.2, 0.25) is 11.8 Å². The summed E-state index contributed by atoms with van der Waals surface area (Å²) in [5.41, 5.74) is 3.39. The average Bonchev–Trinajstić information content (AvgIpc) is 3.10. The number of anilines is 1. The first kappa shape index (κ1) is 23.5. The van der Waals surface area contributed by atoms with Gasteiger partial charge in [-0.3, -0.25) is 19.3 Å². The van der Waals surface area contributed by atoms with Crippen LogP contribution in [0.2, 0.25) is 0 Å². The predicted molar refractivity (Wildman–Crippen MR) is 135 cm³/mol. The van der Waals surface area contributed by atoms with Gasteiger partial charge in [0.1, 0.15) is 12.6 Å². The standard InChI is InChI=1S/C28H31N3O3/c1-4-15-29-27(33)23(5-2)30(17-20-10-6-9-19(3)16-20)25(32)18-31-24-14-8-12-21-11-7-13-22(26(21)24)28(31)34/h6-14,16,23H,4-5,15,17-18H2,1-3H3,(H,29,33). The second kappa shape index (κ2) is 10.1. The molecule has 1 unspecified atom stereocenters. The third-order valence-corrected chi connectivity index (χ3v) is 6.31. The summed E-state index contributed by atoms with van der Waals surface area (Å²) >= 11 is 0. The number of amides is 3. The zero-order valence-corrected chi connectivity index (χ0v) is 20.0. The van der Waals surface area contributed by atoms with Gasteiger partial charge >= 0.3 is 0 Å². The third-order valence-electron chi connectivity index (χ3n) is 6.31. The lowest BCUT2D eigenvalue weighted by atomic mass is 10.1. The van der Waals surface area contributed by atoms with Crippen LogP contribution in [0.4, 0.5) is 5.69 Å². The van der Waals surface area contributed by atoms with E-state index in [2.05, 4.69) is 5.32 Å². The van der Waals surface area contributed by atoms with E-state index < -0.39 is 6.04 Å². The lowest BCUT2D eigenvalue weighted by Gasteiger charge is -2.32. The Labute approximate surface area is 200 Å². The van der Waals surface area contributed by atoms with Gasteiger partial charge in [-0.15, -0.1) is 0 Å². The summed E-state index contributed by atoms with van der Waals surface area (Å²) in [7, 11) is 0. The van der Waals surface area contributed by atoms with Crippen LogP contribution in [0.1, 0.15) is 48.2 Å². The van der Waals surface area contributed by atoms with Crippen molar-refractivity contribution in [3.8, 4) is 0 Å². The number of carbonyl (C=O) groups excluding carboxylic acids is 3. The number of hydrogen-bond acceptors (Lipinski definition) is 3. The number of nitrogens with zero attached hydrogens (tertiary/aromatic N) is 2. The Bertz CT molecular complexity index is 1230. The van der Waals surface area contributed by atoms with Crippen LogP contribution in [0.5, 0.6) is 0 Å². The van der Waals surface area contributed by atoms with Gasteiger partial charge in [-0.05, 0) is 42.8 Å². The first-order valence-corrected chi connectivity index (χ1v) is 11.9. The predicted octanol–water partition coefficient (Wildman–Crippen LogP) is 4.44.